The van der Waals surface area contributed by atoms with Gasteiger partial charge in [0.25, 0.3) is 0 Å². The molecule has 0 aliphatic rings. The van der Waals surface area contributed by atoms with Crippen molar-refractivity contribution in [3.8, 4) is 5.75 Å². The quantitative estimate of drug-likeness (QED) is 0.568. The van der Waals surface area contributed by atoms with Gasteiger partial charge in [-0.25, -0.2) is 0 Å². The van der Waals surface area contributed by atoms with Crippen LogP contribution in [0.15, 0.2) is 69.3 Å². The molecular weight excluding hydrogens is 328 g/mol. The average molecular weight is 341 g/mol. The van der Waals surface area contributed by atoms with E-state index in [2.05, 4.69) is 26.2 Å². The lowest BCUT2D eigenvalue weighted by molar-refractivity contribution is 0.472. The summed E-state index contributed by atoms with van der Waals surface area (Å²) in [7, 11) is 0. The molecule has 0 aliphatic heterocycles. The van der Waals surface area contributed by atoms with Gasteiger partial charge < -0.3 is 5.11 Å². The Morgan fingerprint density at radius 2 is 1.62 bits per heavy atom. The minimum atomic E-state index is 0.155. The predicted molar refractivity (Wildman–Crippen MR) is 88.7 cm³/mol. The summed E-state index contributed by atoms with van der Waals surface area (Å²) in [5.41, 5.74) is 2.00. The summed E-state index contributed by atoms with van der Waals surface area (Å²) >= 11 is 3.40. The first-order chi connectivity index (χ1) is 10.1. The number of aryl methyl sites for hydroxylation is 1. The van der Waals surface area contributed by atoms with Crippen LogP contribution in [0.3, 0.4) is 0 Å². The fourth-order valence-electron chi connectivity index (χ4n) is 2.20. The zero-order valence-electron chi connectivity index (χ0n) is 11.4. The van der Waals surface area contributed by atoms with E-state index in [0.29, 0.717) is 5.69 Å². The molecule has 104 valence electrons. The molecular formula is C17H13BrN2O. The maximum Gasteiger partial charge on any atom is 0.146 e. The van der Waals surface area contributed by atoms with Gasteiger partial charge in [0.15, 0.2) is 0 Å². The molecule has 0 radical (unpaired) electrons. The largest absolute Gasteiger partial charge is 0.505 e. The van der Waals surface area contributed by atoms with Gasteiger partial charge in [0.1, 0.15) is 11.4 Å². The van der Waals surface area contributed by atoms with E-state index in [1.165, 1.54) is 0 Å². The van der Waals surface area contributed by atoms with Crippen LogP contribution in [0.2, 0.25) is 0 Å². The first-order valence-electron chi connectivity index (χ1n) is 6.54. The Bertz CT molecular complexity index is 838. The zero-order valence-corrected chi connectivity index (χ0v) is 13.0. The summed E-state index contributed by atoms with van der Waals surface area (Å²) in [6.45, 7) is 1.83. The number of benzene rings is 3. The molecule has 0 bridgehead atoms. The third kappa shape index (κ3) is 2.81. The van der Waals surface area contributed by atoms with Crippen LogP contribution in [0.4, 0.5) is 11.4 Å². The molecule has 0 atom stereocenters. The van der Waals surface area contributed by atoms with Gasteiger partial charge in [-0.3, -0.25) is 0 Å². The van der Waals surface area contributed by atoms with Crippen molar-refractivity contribution in [3.05, 3.63) is 64.6 Å². The van der Waals surface area contributed by atoms with Gasteiger partial charge in [0.2, 0.25) is 0 Å². The van der Waals surface area contributed by atoms with E-state index >= 15 is 0 Å². The molecule has 0 unspecified atom stereocenters. The number of halogens is 1. The standard InChI is InChI=1S/C17H13BrN2O/c1-11-9-13(18)10-16(17(11)21)20-19-15-8-4-6-12-5-2-3-7-14(12)15/h2-10,21H,1H3. The van der Waals surface area contributed by atoms with Gasteiger partial charge in [0.05, 0.1) is 5.69 Å². The van der Waals surface area contributed by atoms with Crippen molar-refractivity contribution in [2.24, 2.45) is 10.2 Å². The van der Waals surface area contributed by atoms with Gasteiger partial charge in [-0.05, 0) is 36.1 Å². The minimum absolute atomic E-state index is 0.155. The SMILES string of the molecule is Cc1cc(Br)cc(N=Nc2cccc3ccccc23)c1O. The van der Waals surface area contributed by atoms with Crippen LogP contribution >= 0.6 is 15.9 Å². The second kappa shape index (κ2) is 5.66. The number of nitrogens with zero attached hydrogens (tertiary/aromatic N) is 2. The van der Waals surface area contributed by atoms with Crippen molar-refractivity contribution in [2.45, 2.75) is 6.92 Å². The summed E-state index contributed by atoms with van der Waals surface area (Å²) in [5.74, 6) is 0.155. The summed E-state index contributed by atoms with van der Waals surface area (Å²) in [6.07, 6.45) is 0. The maximum atomic E-state index is 10.0. The molecule has 3 aromatic carbocycles. The highest BCUT2D eigenvalue weighted by Gasteiger charge is 2.06. The van der Waals surface area contributed by atoms with Crippen LogP contribution in [0.1, 0.15) is 5.56 Å². The Hall–Kier alpha value is -2.20. The number of hydrogen-bond acceptors (Lipinski definition) is 3. The van der Waals surface area contributed by atoms with E-state index in [9.17, 15) is 5.11 Å². The zero-order chi connectivity index (χ0) is 14.8. The van der Waals surface area contributed by atoms with Gasteiger partial charge >= 0.3 is 0 Å². The molecule has 4 heteroatoms. The van der Waals surface area contributed by atoms with Crippen molar-refractivity contribution in [3.63, 3.8) is 0 Å². The monoisotopic (exact) mass is 340 g/mol. The number of azo groups is 1. The van der Waals surface area contributed by atoms with Crippen LogP contribution < -0.4 is 0 Å². The Labute approximate surface area is 131 Å². The Morgan fingerprint density at radius 3 is 2.48 bits per heavy atom. The lowest BCUT2D eigenvalue weighted by Gasteiger charge is -2.04. The highest BCUT2D eigenvalue weighted by Crippen LogP contribution is 2.35. The van der Waals surface area contributed by atoms with Crippen molar-refractivity contribution < 1.29 is 5.11 Å². The van der Waals surface area contributed by atoms with Gasteiger partial charge in [0, 0.05) is 9.86 Å². The molecule has 1 N–H and O–H groups in total. The lowest BCUT2D eigenvalue weighted by atomic mass is 10.1. The van der Waals surface area contributed by atoms with Crippen LogP contribution in [0.25, 0.3) is 10.8 Å². The summed E-state index contributed by atoms with van der Waals surface area (Å²) < 4.78 is 0.865. The van der Waals surface area contributed by atoms with E-state index in [0.717, 1.165) is 26.5 Å². The van der Waals surface area contributed by atoms with E-state index in [4.69, 9.17) is 0 Å². The molecule has 0 spiro atoms. The van der Waals surface area contributed by atoms with Crippen LogP contribution in [0.5, 0.6) is 5.75 Å². The molecule has 21 heavy (non-hydrogen) atoms. The van der Waals surface area contributed by atoms with E-state index in [1.807, 2.05) is 55.5 Å². The summed E-state index contributed by atoms with van der Waals surface area (Å²) in [5, 5.41) is 20.7. The fourth-order valence-corrected chi connectivity index (χ4v) is 2.76. The van der Waals surface area contributed by atoms with Crippen molar-refractivity contribution in [2.75, 3.05) is 0 Å². The van der Waals surface area contributed by atoms with Crippen molar-refractivity contribution in [1.29, 1.82) is 0 Å². The van der Waals surface area contributed by atoms with E-state index in [-0.39, 0.29) is 5.75 Å². The maximum absolute atomic E-state index is 10.0. The summed E-state index contributed by atoms with van der Waals surface area (Å²) in [6, 6.07) is 17.5. The molecule has 0 fully saturated rings. The minimum Gasteiger partial charge on any atom is -0.505 e. The van der Waals surface area contributed by atoms with Gasteiger partial charge in [-0.1, -0.05) is 52.3 Å². The summed E-state index contributed by atoms with van der Waals surface area (Å²) in [4.78, 5) is 0. The average Bonchev–Trinajstić information content (AvgIpc) is 2.49. The first kappa shape index (κ1) is 13.8. The Balaban J connectivity index is 2.06. The van der Waals surface area contributed by atoms with Crippen LogP contribution in [-0.2, 0) is 0 Å². The topological polar surface area (TPSA) is 45.0 Å². The number of fused-ring (bicyclic) bond motifs is 1. The van der Waals surface area contributed by atoms with Crippen molar-refractivity contribution >= 4 is 38.1 Å². The Kier molecular flexibility index (Phi) is 3.71. The third-order valence-corrected chi connectivity index (χ3v) is 3.74. The fraction of sp³-hybridized carbons (Fsp3) is 0.0588. The van der Waals surface area contributed by atoms with Gasteiger partial charge in [-0.15, -0.1) is 10.2 Å². The molecule has 0 saturated carbocycles. The molecule has 3 aromatic rings. The third-order valence-electron chi connectivity index (χ3n) is 3.28. The number of aromatic hydroxyl groups is 1. The lowest BCUT2D eigenvalue weighted by Crippen LogP contribution is -1.77. The van der Waals surface area contributed by atoms with Crippen molar-refractivity contribution in [1.82, 2.24) is 0 Å². The Morgan fingerprint density at radius 1 is 0.905 bits per heavy atom. The number of rotatable bonds is 2. The normalized spacial score (nSPS) is 11.3. The smallest absolute Gasteiger partial charge is 0.146 e. The molecule has 0 saturated heterocycles. The van der Waals surface area contributed by atoms with Crippen LogP contribution in [0, 0.1) is 6.92 Å². The second-order valence-electron chi connectivity index (χ2n) is 4.79. The number of phenols is 1. The molecule has 3 nitrogen and oxygen atoms in total. The molecule has 0 aromatic heterocycles. The van der Waals surface area contributed by atoms with E-state index < -0.39 is 0 Å². The van der Waals surface area contributed by atoms with Crippen LogP contribution in [-0.4, -0.2) is 5.11 Å². The van der Waals surface area contributed by atoms with Gasteiger partial charge in [-0.2, -0.15) is 0 Å². The molecule has 0 aliphatic carbocycles. The predicted octanol–water partition coefficient (Wildman–Crippen LogP) is 6.03. The number of phenolic OH excluding ortho intramolecular Hbond substituents is 1. The second-order valence-corrected chi connectivity index (χ2v) is 5.70. The molecule has 0 amide bonds. The highest BCUT2D eigenvalue weighted by atomic mass is 79.9. The highest BCUT2D eigenvalue weighted by molar-refractivity contribution is 9.10. The van der Waals surface area contributed by atoms with E-state index in [1.54, 1.807) is 6.07 Å². The number of hydrogen-bond donors (Lipinski definition) is 1. The first-order valence-corrected chi connectivity index (χ1v) is 7.33. The molecule has 0 heterocycles. The molecule has 3 rings (SSSR count).